The number of fused-ring (bicyclic) bond motifs is 1. The number of aromatic amines is 1. The number of hydrogen-bond acceptors (Lipinski definition) is 1. The number of hydrogen-bond donors (Lipinski definition) is 2. The maximum atomic E-state index is 12.9. The van der Waals surface area contributed by atoms with Gasteiger partial charge < -0.3 is 10.7 Å². The molecule has 2 rings (SSSR count). The van der Waals surface area contributed by atoms with Crippen molar-refractivity contribution >= 4 is 16.6 Å². The van der Waals surface area contributed by atoms with Gasteiger partial charge in [0, 0.05) is 16.6 Å². The lowest BCUT2D eigenvalue weighted by molar-refractivity contribution is 0.367. The molecule has 0 saturated heterocycles. The van der Waals surface area contributed by atoms with Crippen LogP contribution in [0.3, 0.4) is 0 Å². The lowest BCUT2D eigenvalue weighted by Crippen LogP contribution is -1.83. The van der Waals surface area contributed by atoms with Crippen molar-refractivity contribution in [2.45, 2.75) is 13.1 Å². The molecule has 1 atom stereocenters. The first-order valence-electron chi connectivity index (χ1n) is 4.19. The van der Waals surface area contributed by atoms with Gasteiger partial charge >= 0.3 is 0 Å². The van der Waals surface area contributed by atoms with Crippen LogP contribution >= 0.6 is 0 Å². The van der Waals surface area contributed by atoms with Crippen molar-refractivity contribution in [3.05, 3.63) is 30.0 Å². The lowest BCUT2D eigenvalue weighted by Gasteiger charge is -1.93. The summed E-state index contributed by atoms with van der Waals surface area (Å²) in [7, 11) is 0. The second-order valence-electron chi connectivity index (χ2n) is 3.19. The van der Waals surface area contributed by atoms with Gasteiger partial charge in [0.2, 0.25) is 0 Å². The van der Waals surface area contributed by atoms with E-state index in [1.807, 2.05) is 12.1 Å². The molecule has 0 aliphatic heterocycles. The van der Waals surface area contributed by atoms with Crippen LogP contribution in [-0.2, 0) is 0 Å². The highest BCUT2D eigenvalue weighted by Crippen LogP contribution is 2.23. The standard InChI is InChI=1S/C10H11FN2/c1-6(11)10-5-7-4-8(12)2-3-9(7)13-10/h2-6,13H,12H2,1H3. The molecule has 0 amide bonds. The number of aromatic nitrogens is 1. The Kier molecular flexibility index (Phi) is 1.72. The molecule has 1 heterocycles. The van der Waals surface area contributed by atoms with Crippen LogP contribution in [0.15, 0.2) is 24.3 Å². The Hall–Kier alpha value is -1.51. The Labute approximate surface area is 75.6 Å². The monoisotopic (exact) mass is 178 g/mol. The van der Waals surface area contributed by atoms with Crippen LogP contribution in [0, 0.1) is 0 Å². The molecule has 0 aliphatic carbocycles. The molecule has 0 radical (unpaired) electrons. The quantitative estimate of drug-likeness (QED) is 0.648. The molecular weight excluding hydrogens is 167 g/mol. The molecule has 13 heavy (non-hydrogen) atoms. The highest BCUT2D eigenvalue weighted by atomic mass is 19.1. The third-order valence-electron chi connectivity index (χ3n) is 2.09. The topological polar surface area (TPSA) is 41.8 Å². The molecule has 0 aliphatic rings. The first-order chi connectivity index (χ1) is 6.16. The third-order valence-corrected chi connectivity index (χ3v) is 2.09. The summed E-state index contributed by atoms with van der Waals surface area (Å²) >= 11 is 0. The summed E-state index contributed by atoms with van der Waals surface area (Å²) in [5.41, 5.74) is 7.82. The van der Waals surface area contributed by atoms with Crippen molar-refractivity contribution in [3.63, 3.8) is 0 Å². The van der Waals surface area contributed by atoms with E-state index in [1.165, 1.54) is 6.92 Å². The maximum absolute atomic E-state index is 12.9. The number of nitrogens with two attached hydrogens (primary N) is 1. The van der Waals surface area contributed by atoms with Gasteiger partial charge in [0.1, 0.15) is 6.17 Å². The van der Waals surface area contributed by atoms with Crippen molar-refractivity contribution in [1.82, 2.24) is 4.98 Å². The number of H-pyrrole nitrogens is 1. The molecule has 3 N–H and O–H groups in total. The van der Waals surface area contributed by atoms with Crippen LogP contribution in [0.4, 0.5) is 10.1 Å². The van der Waals surface area contributed by atoms with E-state index < -0.39 is 6.17 Å². The second-order valence-corrected chi connectivity index (χ2v) is 3.19. The van der Waals surface area contributed by atoms with E-state index in [9.17, 15) is 4.39 Å². The van der Waals surface area contributed by atoms with Gasteiger partial charge in [-0.2, -0.15) is 0 Å². The zero-order valence-electron chi connectivity index (χ0n) is 7.34. The van der Waals surface area contributed by atoms with Crippen LogP contribution in [0.2, 0.25) is 0 Å². The van der Waals surface area contributed by atoms with Gasteiger partial charge in [0.15, 0.2) is 0 Å². The van der Waals surface area contributed by atoms with E-state index in [4.69, 9.17) is 5.73 Å². The number of anilines is 1. The molecule has 0 fully saturated rings. The van der Waals surface area contributed by atoms with E-state index >= 15 is 0 Å². The molecule has 1 unspecified atom stereocenters. The fourth-order valence-electron chi connectivity index (χ4n) is 1.39. The van der Waals surface area contributed by atoms with Crippen molar-refractivity contribution in [1.29, 1.82) is 0 Å². The average Bonchev–Trinajstić information content (AvgIpc) is 2.46. The second kappa shape index (κ2) is 2.76. The van der Waals surface area contributed by atoms with E-state index in [-0.39, 0.29) is 0 Å². The van der Waals surface area contributed by atoms with Crippen LogP contribution < -0.4 is 5.73 Å². The largest absolute Gasteiger partial charge is 0.399 e. The maximum Gasteiger partial charge on any atom is 0.137 e. The molecule has 2 nitrogen and oxygen atoms in total. The summed E-state index contributed by atoms with van der Waals surface area (Å²) in [4.78, 5) is 2.99. The van der Waals surface area contributed by atoms with Crippen molar-refractivity contribution < 1.29 is 4.39 Å². The average molecular weight is 178 g/mol. The van der Waals surface area contributed by atoms with Crippen LogP contribution in [0.25, 0.3) is 10.9 Å². The van der Waals surface area contributed by atoms with Gasteiger partial charge in [-0.3, -0.25) is 0 Å². The molecule has 0 bridgehead atoms. The minimum Gasteiger partial charge on any atom is -0.399 e. The fraction of sp³-hybridized carbons (Fsp3) is 0.200. The molecule has 0 spiro atoms. The molecular formula is C10H11FN2. The zero-order valence-corrected chi connectivity index (χ0v) is 7.34. The number of benzene rings is 1. The number of alkyl halides is 1. The van der Waals surface area contributed by atoms with Gasteiger partial charge in [-0.15, -0.1) is 0 Å². The van der Waals surface area contributed by atoms with E-state index in [1.54, 1.807) is 12.1 Å². The summed E-state index contributed by atoms with van der Waals surface area (Å²) in [6, 6.07) is 7.27. The van der Waals surface area contributed by atoms with Gasteiger partial charge in [-0.05, 0) is 31.2 Å². The van der Waals surface area contributed by atoms with E-state index in [0.29, 0.717) is 11.4 Å². The summed E-state index contributed by atoms with van der Waals surface area (Å²) in [5.74, 6) is 0. The predicted molar refractivity (Wildman–Crippen MR) is 52.2 cm³/mol. The summed E-state index contributed by atoms with van der Waals surface area (Å²) in [5, 5.41) is 0.958. The van der Waals surface area contributed by atoms with Crippen LogP contribution in [0.1, 0.15) is 18.8 Å². The van der Waals surface area contributed by atoms with Gasteiger partial charge in [0.25, 0.3) is 0 Å². The molecule has 3 heteroatoms. The Morgan fingerprint density at radius 3 is 2.85 bits per heavy atom. The van der Waals surface area contributed by atoms with Crippen molar-refractivity contribution in [2.24, 2.45) is 0 Å². The van der Waals surface area contributed by atoms with E-state index in [0.717, 1.165) is 10.9 Å². The highest BCUT2D eigenvalue weighted by molar-refractivity contribution is 5.83. The summed E-state index contributed by atoms with van der Waals surface area (Å²) in [6.07, 6.45) is -0.964. The Morgan fingerprint density at radius 1 is 1.38 bits per heavy atom. The first-order valence-corrected chi connectivity index (χ1v) is 4.19. The van der Waals surface area contributed by atoms with Gasteiger partial charge in [0.05, 0.1) is 5.69 Å². The Bertz CT molecular complexity index is 431. The number of nitrogen functional groups attached to an aromatic ring is 1. The fourth-order valence-corrected chi connectivity index (χ4v) is 1.39. The van der Waals surface area contributed by atoms with Crippen LogP contribution in [-0.4, -0.2) is 4.98 Å². The molecule has 0 saturated carbocycles. The van der Waals surface area contributed by atoms with Crippen molar-refractivity contribution in [2.75, 3.05) is 5.73 Å². The van der Waals surface area contributed by atoms with Crippen molar-refractivity contribution in [3.8, 4) is 0 Å². The van der Waals surface area contributed by atoms with Crippen LogP contribution in [0.5, 0.6) is 0 Å². The lowest BCUT2D eigenvalue weighted by atomic mass is 10.2. The summed E-state index contributed by atoms with van der Waals surface area (Å²) < 4.78 is 12.9. The molecule has 2 aromatic rings. The normalized spacial score (nSPS) is 13.4. The number of nitrogens with one attached hydrogen (secondary N) is 1. The number of rotatable bonds is 1. The Balaban J connectivity index is 2.62. The third kappa shape index (κ3) is 1.37. The minimum atomic E-state index is -0.964. The highest BCUT2D eigenvalue weighted by Gasteiger charge is 2.06. The first kappa shape index (κ1) is 8.10. The number of halogens is 1. The summed E-state index contributed by atoms with van der Waals surface area (Å²) in [6.45, 7) is 1.51. The minimum absolute atomic E-state index is 0.598. The Morgan fingerprint density at radius 2 is 2.15 bits per heavy atom. The smallest absolute Gasteiger partial charge is 0.137 e. The van der Waals surface area contributed by atoms with E-state index in [2.05, 4.69) is 4.98 Å². The SMILES string of the molecule is CC(F)c1cc2cc(N)ccc2[nH]1. The molecule has 1 aromatic heterocycles. The molecule has 68 valence electrons. The van der Waals surface area contributed by atoms with Gasteiger partial charge in [-0.25, -0.2) is 4.39 Å². The zero-order chi connectivity index (χ0) is 9.42. The van der Waals surface area contributed by atoms with Gasteiger partial charge in [-0.1, -0.05) is 0 Å². The predicted octanol–water partition coefficient (Wildman–Crippen LogP) is 2.78. The molecule has 1 aromatic carbocycles.